The van der Waals surface area contributed by atoms with Crippen molar-refractivity contribution in [2.24, 2.45) is 0 Å². The van der Waals surface area contributed by atoms with E-state index in [1.54, 1.807) is 17.0 Å². The first kappa shape index (κ1) is 14.1. The summed E-state index contributed by atoms with van der Waals surface area (Å²) in [5.74, 6) is 0.815. The van der Waals surface area contributed by atoms with Crippen molar-refractivity contribution in [2.45, 2.75) is 13.8 Å². The van der Waals surface area contributed by atoms with Gasteiger partial charge in [-0.2, -0.15) is 0 Å². The molecule has 5 heteroatoms. The van der Waals surface area contributed by atoms with E-state index in [0.29, 0.717) is 35.9 Å². The van der Waals surface area contributed by atoms with E-state index in [0.717, 1.165) is 11.9 Å². The highest BCUT2D eigenvalue weighted by molar-refractivity contribution is 6.00. The third-order valence-corrected chi connectivity index (χ3v) is 2.85. The van der Waals surface area contributed by atoms with Crippen molar-refractivity contribution in [1.82, 2.24) is 0 Å². The lowest BCUT2D eigenvalue weighted by molar-refractivity contribution is -0.121. The number of carbonyl (C=O) groups excluding carboxylic acids is 2. The van der Waals surface area contributed by atoms with Crippen LogP contribution in [0.25, 0.3) is 0 Å². The molecule has 1 amide bonds. The molecule has 0 aromatic heterocycles. The lowest BCUT2D eigenvalue weighted by Crippen LogP contribution is -2.39. The van der Waals surface area contributed by atoms with Gasteiger partial charge >= 0.3 is 0 Å². The zero-order chi connectivity index (χ0) is 14.7. The van der Waals surface area contributed by atoms with Gasteiger partial charge in [0.25, 0.3) is 5.91 Å². The fraction of sp³-hybridized carbons (Fsp3) is 0.333. The Morgan fingerprint density at radius 3 is 2.90 bits per heavy atom. The molecule has 20 heavy (non-hydrogen) atoms. The molecule has 0 fully saturated rings. The first-order valence-electron chi connectivity index (χ1n) is 6.40. The summed E-state index contributed by atoms with van der Waals surface area (Å²) in [6, 6.07) is 3.24. The normalized spacial score (nSPS) is 13.5. The van der Waals surface area contributed by atoms with Crippen LogP contribution in [0.2, 0.25) is 0 Å². The molecule has 1 aromatic carbocycles. The van der Waals surface area contributed by atoms with Crippen LogP contribution in [0, 0.1) is 0 Å². The summed E-state index contributed by atoms with van der Waals surface area (Å²) >= 11 is 0. The maximum atomic E-state index is 12.0. The molecule has 0 bridgehead atoms. The summed E-state index contributed by atoms with van der Waals surface area (Å²) in [6.45, 7) is 8.31. The second kappa shape index (κ2) is 5.77. The lowest BCUT2D eigenvalue weighted by Gasteiger charge is -2.30. The summed E-state index contributed by atoms with van der Waals surface area (Å²) in [7, 11) is 0. The molecule has 0 unspecified atom stereocenters. The predicted molar refractivity (Wildman–Crippen MR) is 75.7 cm³/mol. The number of aldehydes is 1. The smallest absolute Gasteiger partial charge is 0.265 e. The number of ether oxygens (including phenoxy) is 2. The lowest BCUT2D eigenvalue weighted by atomic mass is 10.1. The standard InChI is InChI=1S/C15H17NO4/c1-4-19-13-6-11(8-17)5-12-15(13)20-9-14(18)16(12)7-10(2)3/h5-6,8H,2,4,7,9H2,1,3H3. The van der Waals surface area contributed by atoms with Gasteiger partial charge in [0.2, 0.25) is 0 Å². The minimum atomic E-state index is -0.161. The van der Waals surface area contributed by atoms with Crippen molar-refractivity contribution in [2.75, 3.05) is 24.7 Å². The van der Waals surface area contributed by atoms with E-state index in [1.165, 1.54) is 0 Å². The van der Waals surface area contributed by atoms with Crippen LogP contribution in [0.5, 0.6) is 11.5 Å². The van der Waals surface area contributed by atoms with E-state index in [4.69, 9.17) is 9.47 Å². The number of anilines is 1. The van der Waals surface area contributed by atoms with Crippen LogP contribution in [0.3, 0.4) is 0 Å². The van der Waals surface area contributed by atoms with Crippen molar-refractivity contribution in [1.29, 1.82) is 0 Å². The van der Waals surface area contributed by atoms with Gasteiger partial charge in [0, 0.05) is 12.1 Å². The van der Waals surface area contributed by atoms with Crippen molar-refractivity contribution in [3.8, 4) is 11.5 Å². The van der Waals surface area contributed by atoms with Gasteiger partial charge in [0.15, 0.2) is 18.1 Å². The summed E-state index contributed by atoms with van der Waals surface area (Å²) in [4.78, 5) is 24.6. The Labute approximate surface area is 117 Å². The number of fused-ring (bicyclic) bond motifs is 1. The van der Waals surface area contributed by atoms with E-state index in [1.807, 2.05) is 13.8 Å². The van der Waals surface area contributed by atoms with Crippen molar-refractivity contribution >= 4 is 17.9 Å². The Hall–Kier alpha value is -2.30. The average molecular weight is 275 g/mol. The van der Waals surface area contributed by atoms with Crippen LogP contribution in [0.15, 0.2) is 24.3 Å². The van der Waals surface area contributed by atoms with Crippen molar-refractivity contribution < 1.29 is 19.1 Å². The number of carbonyl (C=O) groups is 2. The highest BCUT2D eigenvalue weighted by Crippen LogP contribution is 2.41. The van der Waals surface area contributed by atoms with Crippen LogP contribution in [0.4, 0.5) is 5.69 Å². The second-order valence-corrected chi connectivity index (χ2v) is 4.64. The molecular weight excluding hydrogens is 258 g/mol. The minimum absolute atomic E-state index is 0.0409. The van der Waals surface area contributed by atoms with Crippen LogP contribution in [-0.2, 0) is 4.79 Å². The van der Waals surface area contributed by atoms with E-state index in [2.05, 4.69) is 6.58 Å². The van der Waals surface area contributed by atoms with E-state index >= 15 is 0 Å². The Bertz CT molecular complexity index is 565. The molecule has 1 aliphatic rings. The van der Waals surface area contributed by atoms with Gasteiger partial charge in [0.1, 0.15) is 6.29 Å². The van der Waals surface area contributed by atoms with Gasteiger partial charge in [-0.1, -0.05) is 12.2 Å². The molecule has 0 N–H and O–H groups in total. The molecule has 1 heterocycles. The molecule has 0 saturated carbocycles. The third-order valence-electron chi connectivity index (χ3n) is 2.85. The van der Waals surface area contributed by atoms with E-state index < -0.39 is 0 Å². The number of rotatable bonds is 5. The van der Waals surface area contributed by atoms with Crippen molar-refractivity contribution in [3.63, 3.8) is 0 Å². The summed E-state index contributed by atoms with van der Waals surface area (Å²) in [6.07, 6.45) is 0.723. The molecule has 106 valence electrons. The molecule has 1 aliphatic heterocycles. The minimum Gasteiger partial charge on any atom is -0.490 e. The van der Waals surface area contributed by atoms with Gasteiger partial charge in [-0.05, 0) is 26.0 Å². The average Bonchev–Trinajstić information content (AvgIpc) is 2.41. The molecule has 0 saturated heterocycles. The SMILES string of the molecule is C=C(C)CN1C(=O)COc2c(OCC)cc(C=O)cc21. The first-order valence-corrected chi connectivity index (χ1v) is 6.40. The topological polar surface area (TPSA) is 55.8 Å². The third kappa shape index (κ3) is 2.66. The zero-order valence-corrected chi connectivity index (χ0v) is 11.6. The Kier molecular flexibility index (Phi) is 4.08. The largest absolute Gasteiger partial charge is 0.490 e. The quantitative estimate of drug-likeness (QED) is 0.610. The monoisotopic (exact) mass is 275 g/mol. The highest BCUT2D eigenvalue weighted by atomic mass is 16.5. The molecular formula is C15H17NO4. The Balaban J connectivity index is 2.53. The Morgan fingerprint density at radius 2 is 2.30 bits per heavy atom. The second-order valence-electron chi connectivity index (χ2n) is 4.64. The summed E-state index contributed by atoms with van der Waals surface area (Å²) in [5.41, 5.74) is 1.84. The molecule has 0 atom stereocenters. The summed E-state index contributed by atoms with van der Waals surface area (Å²) in [5, 5.41) is 0. The van der Waals surface area contributed by atoms with Gasteiger partial charge in [0.05, 0.1) is 12.3 Å². The molecule has 5 nitrogen and oxygen atoms in total. The zero-order valence-electron chi connectivity index (χ0n) is 11.6. The molecule has 0 radical (unpaired) electrons. The van der Waals surface area contributed by atoms with Gasteiger partial charge in [-0.25, -0.2) is 0 Å². The fourth-order valence-corrected chi connectivity index (χ4v) is 2.07. The van der Waals surface area contributed by atoms with Gasteiger partial charge < -0.3 is 14.4 Å². The van der Waals surface area contributed by atoms with E-state index in [9.17, 15) is 9.59 Å². The maximum absolute atomic E-state index is 12.0. The van der Waals surface area contributed by atoms with Crippen molar-refractivity contribution in [3.05, 3.63) is 29.8 Å². The van der Waals surface area contributed by atoms with Crippen LogP contribution in [-0.4, -0.2) is 32.0 Å². The summed E-state index contributed by atoms with van der Waals surface area (Å²) < 4.78 is 11.0. The molecule has 1 aromatic rings. The Morgan fingerprint density at radius 1 is 1.55 bits per heavy atom. The maximum Gasteiger partial charge on any atom is 0.265 e. The highest BCUT2D eigenvalue weighted by Gasteiger charge is 2.28. The number of hydrogen-bond acceptors (Lipinski definition) is 4. The van der Waals surface area contributed by atoms with Crippen LogP contribution < -0.4 is 14.4 Å². The van der Waals surface area contributed by atoms with E-state index in [-0.39, 0.29) is 12.5 Å². The first-order chi connectivity index (χ1) is 9.56. The molecule has 0 aliphatic carbocycles. The number of hydrogen-bond donors (Lipinski definition) is 0. The van der Waals surface area contributed by atoms with Crippen LogP contribution >= 0.6 is 0 Å². The molecule has 0 spiro atoms. The van der Waals surface area contributed by atoms with Gasteiger partial charge in [-0.3, -0.25) is 9.59 Å². The predicted octanol–water partition coefficient (Wildman–Crippen LogP) is 2.20. The fourth-order valence-electron chi connectivity index (χ4n) is 2.07. The number of amides is 1. The van der Waals surface area contributed by atoms with Crippen LogP contribution in [0.1, 0.15) is 24.2 Å². The number of nitrogens with zero attached hydrogens (tertiary/aromatic N) is 1. The number of benzene rings is 1. The van der Waals surface area contributed by atoms with Gasteiger partial charge in [-0.15, -0.1) is 0 Å². The molecule has 2 rings (SSSR count).